The number of aliphatic hydroxyl groups is 1. The highest BCUT2D eigenvalue weighted by atomic mass is 19.4. The predicted octanol–water partition coefficient (Wildman–Crippen LogP) is 2.09. The van der Waals surface area contributed by atoms with Gasteiger partial charge in [-0.25, -0.2) is 4.79 Å². The van der Waals surface area contributed by atoms with E-state index in [1.165, 1.54) is 6.07 Å². The van der Waals surface area contributed by atoms with Crippen LogP contribution in [-0.2, 0) is 21.3 Å². The lowest BCUT2D eigenvalue weighted by atomic mass is 9.94. The van der Waals surface area contributed by atoms with E-state index in [-0.39, 0.29) is 5.56 Å². The highest BCUT2D eigenvalue weighted by Gasteiger charge is 2.37. The first kappa shape index (κ1) is 13.5. The molecule has 1 rings (SSSR count). The van der Waals surface area contributed by atoms with Crippen molar-refractivity contribution in [3.63, 3.8) is 0 Å². The SMILES string of the molecule is COC(=O)C(C)(O)c1cccc(C(F)(F)F)c1. The normalized spacial score (nSPS) is 15.2. The van der Waals surface area contributed by atoms with Crippen molar-refractivity contribution in [2.75, 3.05) is 7.11 Å². The molecule has 0 amide bonds. The van der Waals surface area contributed by atoms with Gasteiger partial charge in [-0.15, -0.1) is 0 Å². The van der Waals surface area contributed by atoms with Crippen molar-refractivity contribution in [1.82, 2.24) is 0 Å². The number of rotatable bonds is 2. The molecule has 1 N–H and O–H groups in total. The number of carbonyl (C=O) groups excluding carboxylic acids is 1. The molecule has 0 aromatic heterocycles. The predicted molar refractivity (Wildman–Crippen MR) is 53.0 cm³/mol. The highest BCUT2D eigenvalue weighted by Crippen LogP contribution is 2.32. The number of ether oxygens (including phenoxy) is 1. The Balaban J connectivity index is 3.20. The zero-order valence-electron chi connectivity index (χ0n) is 9.21. The first-order valence-electron chi connectivity index (χ1n) is 4.68. The Morgan fingerprint density at radius 3 is 2.29 bits per heavy atom. The molecule has 1 atom stereocenters. The molecule has 3 nitrogen and oxygen atoms in total. The van der Waals surface area contributed by atoms with Gasteiger partial charge in [0.1, 0.15) is 0 Å². The summed E-state index contributed by atoms with van der Waals surface area (Å²) < 4.78 is 41.6. The van der Waals surface area contributed by atoms with Crippen LogP contribution in [0.4, 0.5) is 13.2 Å². The third-order valence-corrected chi connectivity index (χ3v) is 2.33. The van der Waals surface area contributed by atoms with E-state index < -0.39 is 23.3 Å². The molecule has 0 radical (unpaired) electrons. The molecule has 0 spiro atoms. The zero-order valence-corrected chi connectivity index (χ0v) is 9.21. The monoisotopic (exact) mass is 248 g/mol. The van der Waals surface area contributed by atoms with Crippen LogP contribution in [0.15, 0.2) is 24.3 Å². The van der Waals surface area contributed by atoms with E-state index in [4.69, 9.17) is 0 Å². The zero-order chi connectivity index (χ0) is 13.3. The molecule has 1 unspecified atom stereocenters. The van der Waals surface area contributed by atoms with Crippen LogP contribution in [0.2, 0.25) is 0 Å². The minimum atomic E-state index is -4.53. The Morgan fingerprint density at radius 2 is 1.82 bits per heavy atom. The highest BCUT2D eigenvalue weighted by molar-refractivity contribution is 5.80. The van der Waals surface area contributed by atoms with E-state index >= 15 is 0 Å². The van der Waals surface area contributed by atoms with Crippen molar-refractivity contribution in [2.45, 2.75) is 18.7 Å². The second kappa shape index (κ2) is 4.37. The average molecular weight is 248 g/mol. The van der Waals surface area contributed by atoms with Gasteiger partial charge in [0.2, 0.25) is 0 Å². The smallest absolute Gasteiger partial charge is 0.416 e. The summed E-state index contributed by atoms with van der Waals surface area (Å²) in [5.41, 5.74) is -3.20. The van der Waals surface area contributed by atoms with Gasteiger partial charge in [-0.3, -0.25) is 0 Å². The van der Waals surface area contributed by atoms with Gasteiger partial charge in [0.25, 0.3) is 0 Å². The molecule has 94 valence electrons. The van der Waals surface area contributed by atoms with Gasteiger partial charge < -0.3 is 9.84 Å². The maximum atomic E-state index is 12.4. The minimum Gasteiger partial charge on any atom is -0.467 e. The lowest BCUT2D eigenvalue weighted by Gasteiger charge is -2.21. The summed E-state index contributed by atoms with van der Waals surface area (Å²) >= 11 is 0. The van der Waals surface area contributed by atoms with Gasteiger partial charge in [-0.2, -0.15) is 13.2 Å². The summed E-state index contributed by atoms with van der Waals surface area (Å²) in [7, 11) is 1.05. The Labute approximate surface area is 95.8 Å². The van der Waals surface area contributed by atoms with Gasteiger partial charge in [-0.05, 0) is 24.6 Å². The van der Waals surface area contributed by atoms with Gasteiger partial charge >= 0.3 is 12.1 Å². The maximum absolute atomic E-state index is 12.4. The number of hydrogen-bond donors (Lipinski definition) is 1. The fourth-order valence-corrected chi connectivity index (χ4v) is 1.31. The molecule has 1 aromatic carbocycles. The first-order chi connectivity index (χ1) is 7.69. The number of alkyl halides is 3. The quantitative estimate of drug-likeness (QED) is 0.815. The van der Waals surface area contributed by atoms with E-state index in [0.717, 1.165) is 32.2 Å². The van der Waals surface area contributed by atoms with Gasteiger partial charge in [0, 0.05) is 0 Å². The summed E-state index contributed by atoms with van der Waals surface area (Å²) in [5.74, 6) is -1.02. The Hall–Kier alpha value is -1.56. The molecule has 6 heteroatoms. The van der Waals surface area contributed by atoms with Crippen LogP contribution in [0.3, 0.4) is 0 Å². The fraction of sp³-hybridized carbons (Fsp3) is 0.364. The molecule has 0 aliphatic carbocycles. The number of hydrogen-bond acceptors (Lipinski definition) is 3. The molecule has 0 aliphatic rings. The molecule has 0 saturated carbocycles. The van der Waals surface area contributed by atoms with Gasteiger partial charge in [0.15, 0.2) is 5.60 Å². The van der Waals surface area contributed by atoms with Crippen LogP contribution in [0.1, 0.15) is 18.1 Å². The summed E-state index contributed by atoms with van der Waals surface area (Å²) in [6, 6.07) is 3.93. The van der Waals surface area contributed by atoms with E-state index in [1.54, 1.807) is 0 Å². The van der Waals surface area contributed by atoms with Crippen LogP contribution >= 0.6 is 0 Å². The molecular weight excluding hydrogens is 237 g/mol. The minimum absolute atomic E-state index is 0.167. The number of carbonyl (C=O) groups is 1. The molecule has 1 aromatic rings. The standard InChI is InChI=1S/C11H11F3O3/c1-10(16,9(15)17-2)7-4-3-5-8(6-7)11(12,13)14/h3-6,16H,1-2H3. The number of halogens is 3. The number of methoxy groups -OCH3 is 1. The second-order valence-corrected chi connectivity index (χ2v) is 3.64. The molecule has 0 fully saturated rings. The number of benzene rings is 1. The molecule has 0 saturated heterocycles. The fourth-order valence-electron chi connectivity index (χ4n) is 1.31. The van der Waals surface area contributed by atoms with Crippen LogP contribution in [0.25, 0.3) is 0 Å². The summed E-state index contributed by atoms with van der Waals surface area (Å²) in [4.78, 5) is 11.2. The van der Waals surface area contributed by atoms with Gasteiger partial charge in [-0.1, -0.05) is 12.1 Å². The van der Waals surface area contributed by atoms with Crippen molar-refractivity contribution in [3.8, 4) is 0 Å². The van der Waals surface area contributed by atoms with E-state index in [9.17, 15) is 23.1 Å². The largest absolute Gasteiger partial charge is 0.467 e. The molecule has 0 bridgehead atoms. The Kier molecular flexibility index (Phi) is 3.47. The lowest BCUT2D eigenvalue weighted by molar-refractivity contribution is -0.161. The van der Waals surface area contributed by atoms with Crippen molar-refractivity contribution in [1.29, 1.82) is 0 Å². The van der Waals surface area contributed by atoms with Crippen LogP contribution in [0, 0.1) is 0 Å². The van der Waals surface area contributed by atoms with Crippen molar-refractivity contribution in [2.24, 2.45) is 0 Å². The van der Waals surface area contributed by atoms with Crippen LogP contribution in [-0.4, -0.2) is 18.2 Å². The summed E-state index contributed by atoms with van der Waals surface area (Å²) in [5, 5.41) is 9.80. The third-order valence-electron chi connectivity index (χ3n) is 2.33. The summed E-state index contributed by atoms with van der Waals surface area (Å²) in [6.45, 7) is 1.08. The molecule has 17 heavy (non-hydrogen) atoms. The Morgan fingerprint density at radius 1 is 1.29 bits per heavy atom. The average Bonchev–Trinajstić information content (AvgIpc) is 2.27. The van der Waals surface area contributed by atoms with E-state index in [0.29, 0.717) is 0 Å². The first-order valence-corrected chi connectivity index (χ1v) is 4.68. The van der Waals surface area contributed by atoms with E-state index in [1.807, 2.05) is 0 Å². The third kappa shape index (κ3) is 2.76. The van der Waals surface area contributed by atoms with Crippen molar-refractivity contribution in [3.05, 3.63) is 35.4 Å². The van der Waals surface area contributed by atoms with E-state index in [2.05, 4.69) is 4.74 Å². The lowest BCUT2D eigenvalue weighted by Crippen LogP contribution is -2.33. The number of esters is 1. The topological polar surface area (TPSA) is 46.5 Å². The Bertz CT molecular complexity index is 424. The van der Waals surface area contributed by atoms with Crippen LogP contribution < -0.4 is 0 Å². The van der Waals surface area contributed by atoms with Gasteiger partial charge in [0.05, 0.1) is 12.7 Å². The molecule has 0 aliphatic heterocycles. The molecule has 0 heterocycles. The molecular formula is C11H11F3O3. The maximum Gasteiger partial charge on any atom is 0.416 e. The summed E-state index contributed by atoms with van der Waals surface area (Å²) in [6.07, 6.45) is -4.53. The van der Waals surface area contributed by atoms with Crippen LogP contribution in [0.5, 0.6) is 0 Å². The van der Waals surface area contributed by atoms with Crippen molar-refractivity contribution >= 4 is 5.97 Å². The van der Waals surface area contributed by atoms with Crippen molar-refractivity contribution < 1.29 is 27.8 Å². The second-order valence-electron chi connectivity index (χ2n) is 3.64.